The van der Waals surface area contributed by atoms with E-state index in [4.69, 9.17) is 0 Å². The van der Waals surface area contributed by atoms with Crippen LogP contribution in [0.15, 0.2) is 89.0 Å². The van der Waals surface area contributed by atoms with Gasteiger partial charge in [-0.2, -0.15) is 0 Å². The predicted molar refractivity (Wildman–Crippen MR) is 121 cm³/mol. The first-order valence-electron chi connectivity index (χ1n) is 10.2. The molecule has 1 amide bonds. The van der Waals surface area contributed by atoms with Crippen LogP contribution in [0, 0.1) is 5.82 Å². The zero-order valence-electron chi connectivity index (χ0n) is 17.5. The van der Waals surface area contributed by atoms with Gasteiger partial charge in [0.1, 0.15) is 12.4 Å². The lowest BCUT2D eigenvalue weighted by molar-refractivity contribution is -0.121. The molecular formula is C24H20FN5O3. The number of aromatic nitrogens is 4. The van der Waals surface area contributed by atoms with Crippen LogP contribution >= 0.6 is 0 Å². The molecule has 0 saturated heterocycles. The van der Waals surface area contributed by atoms with Crippen LogP contribution in [0.3, 0.4) is 0 Å². The molecule has 4 rings (SSSR count). The molecule has 0 spiro atoms. The van der Waals surface area contributed by atoms with E-state index in [9.17, 15) is 18.8 Å². The Morgan fingerprint density at radius 2 is 1.39 bits per heavy atom. The van der Waals surface area contributed by atoms with Crippen LogP contribution in [0.1, 0.15) is 0 Å². The Kier molecular flexibility index (Phi) is 6.49. The number of halogens is 1. The standard InChI is InChI=1S/C24H20FN5O3/c25-19-8-6-18(7-9-19)21-12-23(32)29(15-27-21)11-10-26-22(31)14-30-16-28-20(13-24(30)33)17-4-2-1-3-5-17/h1-9,12-13,15-16H,10-11,14H2,(H,26,31). The van der Waals surface area contributed by atoms with Gasteiger partial charge in [-0.15, -0.1) is 0 Å². The Hall–Kier alpha value is -4.40. The molecule has 1 N–H and O–H groups in total. The van der Waals surface area contributed by atoms with Gasteiger partial charge in [0.25, 0.3) is 11.1 Å². The van der Waals surface area contributed by atoms with Crippen LogP contribution in [0.2, 0.25) is 0 Å². The summed E-state index contributed by atoms with van der Waals surface area (Å²) in [6.45, 7) is 0.208. The van der Waals surface area contributed by atoms with Crippen molar-refractivity contribution in [1.82, 2.24) is 24.4 Å². The van der Waals surface area contributed by atoms with Gasteiger partial charge >= 0.3 is 0 Å². The van der Waals surface area contributed by atoms with Gasteiger partial charge in [-0.25, -0.2) is 14.4 Å². The highest BCUT2D eigenvalue weighted by atomic mass is 19.1. The van der Waals surface area contributed by atoms with E-state index in [0.717, 1.165) is 5.56 Å². The van der Waals surface area contributed by atoms with Crippen molar-refractivity contribution in [2.75, 3.05) is 6.54 Å². The van der Waals surface area contributed by atoms with Gasteiger partial charge in [0.2, 0.25) is 5.91 Å². The van der Waals surface area contributed by atoms with Crippen LogP contribution in [0.25, 0.3) is 22.5 Å². The van der Waals surface area contributed by atoms with Crippen molar-refractivity contribution in [1.29, 1.82) is 0 Å². The molecule has 0 atom stereocenters. The largest absolute Gasteiger partial charge is 0.353 e. The second-order valence-electron chi connectivity index (χ2n) is 7.27. The van der Waals surface area contributed by atoms with Crippen LogP contribution < -0.4 is 16.4 Å². The summed E-state index contributed by atoms with van der Waals surface area (Å²) >= 11 is 0. The molecule has 166 valence electrons. The Balaban J connectivity index is 1.33. The normalized spacial score (nSPS) is 10.7. The topological polar surface area (TPSA) is 98.9 Å². The zero-order chi connectivity index (χ0) is 23.2. The van der Waals surface area contributed by atoms with Crippen molar-refractivity contribution in [3.8, 4) is 22.5 Å². The fourth-order valence-corrected chi connectivity index (χ4v) is 3.21. The Morgan fingerprint density at radius 3 is 2.00 bits per heavy atom. The fraction of sp³-hybridized carbons (Fsp3) is 0.125. The maximum absolute atomic E-state index is 13.1. The summed E-state index contributed by atoms with van der Waals surface area (Å²) in [6.07, 6.45) is 2.72. The highest BCUT2D eigenvalue weighted by Gasteiger charge is 2.08. The first-order chi connectivity index (χ1) is 16.0. The highest BCUT2D eigenvalue weighted by Crippen LogP contribution is 2.15. The fourth-order valence-electron chi connectivity index (χ4n) is 3.21. The molecule has 9 heteroatoms. The number of hydrogen-bond donors (Lipinski definition) is 1. The monoisotopic (exact) mass is 445 g/mol. The third-order valence-corrected chi connectivity index (χ3v) is 4.96. The van der Waals surface area contributed by atoms with Crippen molar-refractivity contribution in [3.05, 3.63) is 106 Å². The molecule has 2 heterocycles. The molecule has 0 radical (unpaired) electrons. The van der Waals surface area contributed by atoms with E-state index < -0.39 is 0 Å². The smallest absolute Gasteiger partial charge is 0.254 e. The number of nitrogens with one attached hydrogen (secondary N) is 1. The summed E-state index contributed by atoms with van der Waals surface area (Å²) in [4.78, 5) is 45.3. The van der Waals surface area contributed by atoms with E-state index in [1.165, 1.54) is 46.1 Å². The predicted octanol–water partition coefficient (Wildman–Crippen LogP) is 2.09. The average molecular weight is 445 g/mol. The van der Waals surface area contributed by atoms with Crippen molar-refractivity contribution in [3.63, 3.8) is 0 Å². The number of carbonyl (C=O) groups excluding carboxylic acids is 1. The SMILES string of the molecule is O=C(Cn1cnc(-c2ccccc2)cc1=O)NCCn1cnc(-c2ccc(F)cc2)cc1=O. The Morgan fingerprint density at radius 1 is 0.818 bits per heavy atom. The van der Waals surface area contributed by atoms with E-state index >= 15 is 0 Å². The summed E-state index contributed by atoms with van der Waals surface area (Å²) in [6, 6.07) is 17.7. The van der Waals surface area contributed by atoms with E-state index in [2.05, 4.69) is 15.3 Å². The van der Waals surface area contributed by atoms with Crippen LogP contribution in [-0.2, 0) is 17.9 Å². The third kappa shape index (κ3) is 5.45. The van der Waals surface area contributed by atoms with Crippen LogP contribution in [0.5, 0.6) is 0 Å². The minimum Gasteiger partial charge on any atom is -0.353 e. The maximum atomic E-state index is 13.1. The average Bonchev–Trinajstić information content (AvgIpc) is 2.82. The van der Waals surface area contributed by atoms with Crippen LogP contribution in [0.4, 0.5) is 4.39 Å². The summed E-state index contributed by atoms with van der Waals surface area (Å²) < 4.78 is 15.6. The first-order valence-corrected chi connectivity index (χ1v) is 10.2. The molecule has 33 heavy (non-hydrogen) atoms. The van der Waals surface area contributed by atoms with Gasteiger partial charge in [-0.05, 0) is 24.3 Å². The molecule has 4 aromatic rings. The summed E-state index contributed by atoms with van der Waals surface area (Å²) in [5, 5.41) is 2.68. The maximum Gasteiger partial charge on any atom is 0.254 e. The van der Waals surface area contributed by atoms with E-state index in [0.29, 0.717) is 17.0 Å². The van der Waals surface area contributed by atoms with E-state index in [-0.39, 0.29) is 42.5 Å². The van der Waals surface area contributed by atoms with E-state index in [1.807, 2.05) is 30.3 Å². The molecule has 8 nitrogen and oxygen atoms in total. The lowest BCUT2D eigenvalue weighted by Crippen LogP contribution is -2.35. The van der Waals surface area contributed by atoms with Crippen molar-refractivity contribution < 1.29 is 9.18 Å². The number of carbonyl (C=O) groups is 1. The molecule has 0 saturated carbocycles. The Bertz CT molecular complexity index is 1380. The third-order valence-electron chi connectivity index (χ3n) is 4.96. The Labute approximate surface area is 188 Å². The molecule has 0 aliphatic rings. The molecule has 2 aromatic heterocycles. The van der Waals surface area contributed by atoms with Crippen molar-refractivity contribution in [2.45, 2.75) is 13.1 Å². The first kappa shape index (κ1) is 21.8. The summed E-state index contributed by atoms with van der Waals surface area (Å²) in [5.74, 6) is -0.747. The van der Waals surface area contributed by atoms with Gasteiger partial charge in [-0.1, -0.05) is 30.3 Å². The molecule has 2 aromatic carbocycles. The van der Waals surface area contributed by atoms with Crippen molar-refractivity contribution in [2.24, 2.45) is 0 Å². The van der Waals surface area contributed by atoms with Gasteiger partial charge in [0.15, 0.2) is 0 Å². The minimum absolute atomic E-state index is 0.181. The highest BCUT2D eigenvalue weighted by molar-refractivity contribution is 5.75. The molecular weight excluding hydrogens is 425 g/mol. The number of hydrogen-bond acceptors (Lipinski definition) is 5. The van der Waals surface area contributed by atoms with Gasteiger partial charge in [0, 0.05) is 36.3 Å². The van der Waals surface area contributed by atoms with E-state index in [1.54, 1.807) is 12.1 Å². The summed E-state index contributed by atoms with van der Waals surface area (Å²) in [7, 11) is 0. The minimum atomic E-state index is -0.379. The lowest BCUT2D eigenvalue weighted by atomic mass is 10.1. The quantitative estimate of drug-likeness (QED) is 0.470. The number of benzene rings is 2. The zero-order valence-corrected chi connectivity index (χ0v) is 17.5. The second-order valence-corrected chi connectivity index (χ2v) is 7.27. The number of rotatable bonds is 7. The second kappa shape index (κ2) is 9.82. The van der Waals surface area contributed by atoms with Crippen molar-refractivity contribution >= 4 is 5.91 Å². The van der Waals surface area contributed by atoms with Crippen LogP contribution in [-0.4, -0.2) is 31.6 Å². The number of amides is 1. The van der Waals surface area contributed by atoms with Gasteiger partial charge in [0.05, 0.1) is 24.0 Å². The molecule has 0 bridgehead atoms. The summed E-state index contributed by atoms with van der Waals surface area (Å²) in [5.41, 5.74) is 1.78. The molecule has 0 aliphatic heterocycles. The molecule has 0 unspecified atom stereocenters. The van der Waals surface area contributed by atoms with Gasteiger partial charge < -0.3 is 5.32 Å². The molecule has 0 aliphatic carbocycles. The number of nitrogens with zero attached hydrogens (tertiary/aromatic N) is 4. The van der Waals surface area contributed by atoms with Gasteiger partial charge in [-0.3, -0.25) is 23.5 Å². The molecule has 0 fully saturated rings. The lowest BCUT2D eigenvalue weighted by Gasteiger charge is -2.09.